The molecule has 0 amide bonds. The first kappa shape index (κ1) is 15.5. The monoisotopic (exact) mass is 294 g/mol. The zero-order valence-electron chi connectivity index (χ0n) is 12.7. The predicted molar refractivity (Wildman–Crippen MR) is 76.7 cm³/mol. The first-order chi connectivity index (χ1) is 9.88. The van der Waals surface area contributed by atoms with Gasteiger partial charge in [-0.05, 0) is 23.8 Å². The summed E-state index contributed by atoms with van der Waals surface area (Å²) in [6.07, 6.45) is 1.84. The van der Waals surface area contributed by atoms with Gasteiger partial charge in [-0.2, -0.15) is 0 Å². The molecular weight excluding hydrogens is 272 g/mol. The average Bonchev–Trinajstić information content (AvgIpc) is 2.89. The van der Waals surface area contributed by atoms with Crippen LogP contribution in [-0.2, 0) is 14.3 Å². The van der Waals surface area contributed by atoms with Gasteiger partial charge in [-0.15, -0.1) is 0 Å². The van der Waals surface area contributed by atoms with Crippen LogP contribution < -0.4 is 5.73 Å². The average molecular weight is 294 g/mol. The predicted octanol–water partition coefficient (Wildman–Crippen LogP) is 2.48. The molecule has 0 aromatic rings. The van der Waals surface area contributed by atoms with Crippen molar-refractivity contribution < 1.29 is 14.3 Å². The molecule has 2 aliphatic rings. The van der Waals surface area contributed by atoms with Crippen LogP contribution in [0.15, 0.2) is 16.6 Å². The Hall–Kier alpha value is -1.88. The third kappa shape index (κ3) is 3.24. The molecule has 0 aromatic carbocycles. The lowest BCUT2D eigenvalue weighted by molar-refractivity contribution is -0.139. The molecular formula is C14H22N4O3. The number of allylic oxidation sites excluding steroid dienone is 1. The second-order valence-electron chi connectivity index (χ2n) is 6.55. The SMILES string of the molecule is COC(=O)CC(N)=C1O[C@H](CN=[N+]=[N-])[C@H]2CC(C)(C)CC12. The number of rotatable bonds is 4. The maximum absolute atomic E-state index is 11.4. The zero-order chi connectivity index (χ0) is 15.6. The van der Waals surface area contributed by atoms with Crippen molar-refractivity contribution in [1.29, 1.82) is 0 Å². The molecule has 1 heterocycles. The molecule has 116 valence electrons. The van der Waals surface area contributed by atoms with Gasteiger partial charge in [0.05, 0.1) is 25.8 Å². The number of fused-ring (bicyclic) bond motifs is 1. The number of azide groups is 1. The summed E-state index contributed by atoms with van der Waals surface area (Å²) < 4.78 is 10.6. The number of methoxy groups -OCH3 is 1. The van der Waals surface area contributed by atoms with Gasteiger partial charge in [-0.1, -0.05) is 19.0 Å². The van der Waals surface area contributed by atoms with E-state index in [2.05, 4.69) is 28.6 Å². The first-order valence-corrected chi connectivity index (χ1v) is 7.11. The fourth-order valence-corrected chi connectivity index (χ4v) is 3.54. The molecule has 1 unspecified atom stereocenters. The van der Waals surface area contributed by atoms with Crippen LogP contribution in [0.4, 0.5) is 0 Å². The largest absolute Gasteiger partial charge is 0.492 e. The van der Waals surface area contributed by atoms with Gasteiger partial charge in [-0.3, -0.25) is 4.79 Å². The minimum atomic E-state index is -0.379. The van der Waals surface area contributed by atoms with Crippen LogP contribution in [0.1, 0.15) is 33.1 Å². The number of nitrogens with two attached hydrogens (primary N) is 1. The van der Waals surface area contributed by atoms with Crippen LogP contribution >= 0.6 is 0 Å². The molecule has 7 nitrogen and oxygen atoms in total. The summed E-state index contributed by atoms with van der Waals surface area (Å²) in [4.78, 5) is 14.2. The summed E-state index contributed by atoms with van der Waals surface area (Å²) in [5.74, 6) is 0.797. The van der Waals surface area contributed by atoms with E-state index in [0.717, 1.165) is 12.8 Å². The lowest BCUT2D eigenvalue weighted by atomic mass is 9.89. The Morgan fingerprint density at radius 1 is 1.57 bits per heavy atom. The highest BCUT2D eigenvalue weighted by molar-refractivity contribution is 5.72. The molecule has 2 rings (SSSR count). The Morgan fingerprint density at radius 3 is 2.90 bits per heavy atom. The van der Waals surface area contributed by atoms with Gasteiger partial charge in [0.2, 0.25) is 0 Å². The molecule has 2 fully saturated rings. The van der Waals surface area contributed by atoms with Crippen molar-refractivity contribution in [2.24, 2.45) is 28.1 Å². The lowest BCUT2D eigenvalue weighted by Crippen LogP contribution is -2.21. The molecule has 1 saturated carbocycles. The van der Waals surface area contributed by atoms with Crippen molar-refractivity contribution in [3.8, 4) is 0 Å². The third-order valence-electron chi connectivity index (χ3n) is 4.37. The number of ether oxygens (including phenoxy) is 2. The second-order valence-corrected chi connectivity index (χ2v) is 6.55. The quantitative estimate of drug-likeness (QED) is 0.371. The van der Waals surface area contributed by atoms with E-state index >= 15 is 0 Å². The van der Waals surface area contributed by atoms with Gasteiger partial charge in [0.25, 0.3) is 0 Å². The summed E-state index contributed by atoms with van der Waals surface area (Å²) in [6, 6.07) is 0. The standard InChI is InChI=1S/C14H22N4O3/c1-14(2)5-8-9(6-14)13(10(15)4-12(19)20-3)21-11(8)7-17-18-16/h8-9,11H,4-7,15H2,1-3H3/t8-,9?,11+/m0/s1. The molecule has 1 saturated heterocycles. The molecule has 21 heavy (non-hydrogen) atoms. The summed E-state index contributed by atoms with van der Waals surface area (Å²) in [5.41, 5.74) is 15.2. The number of hydrogen-bond acceptors (Lipinski definition) is 5. The highest BCUT2D eigenvalue weighted by atomic mass is 16.5. The van der Waals surface area contributed by atoms with Crippen molar-refractivity contribution in [2.45, 2.75) is 39.2 Å². The second kappa shape index (κ2) is 5.85. The number of esters is 1. The van der Waals surface area contributed by atoms with Crippen LogP contribution in [0.2, 0.25) is 0 Å². The molecule has 0 bridgehead atoms. The number of nitrogens with zero attached hydrogens (tertiary/aromatic N) is 3. The highest BCUT2D eigenvalue weighted by Crippen LogP contribution is 2.54. The summed E-state index contributed by atoms with van der Waals surface area (Å²) in [6.45, 7) is 4.72. The van der Waals surface area contributed by atoms with Gasteiger partial charge in [0.15, 0.2) is 0 Å². The van der Waals surface area contributed by atoms with Crippen LogP contribution in [-0.4, -0.2) is 25.7 Å². The van der Waals surface area contributed by atoms with Crippen molar-refractivity contribution in [3.05, 3.63) is 21.9 Å². The summed E-state index contributed by atoms with van der Waals surface area (Å²) in [7, 11) is 1.34. The molecule has 7 heteroatoms. The lowest BCUT2D eigenvalue weighted by Gasteiger charge is -2.22. The van der Waals surface area contributed by atoms with E-state index in [1.54, 1.807) is 0 Å². The van der Waals surface area contributed by atoms with Gasteiger partial charge in [-0.25, -0.2) is 0 Å². The molecule has 0 radical (unpaired) electrons. The fourth-order valence-electron chi connectivity index (χ4n) is 3.54. The molecule has 0 spiro atoms. The van der Waals surface area contributed by atoms with E-state index < -0.39 is 0 Å². The molecule has 0 aromatic heterocycles. The van der Waals surface area contributed by atoms with E-state index in [-0.39, 0.29) is 35.7 Å². The van der Waals surface area contributed by atoms with Gasteiger partial charge in [0.1, 0.15) is 11.9 Å². The van der Waals surface area contributed by atoms with E-state index in [1.165, 1.54) is 7.11 Å². The van der Waals surface area contributed by atoms with E-state index in [4.69, 9.17) is 16.0 Å². The van der Waals surface area contributed by atoms with Crippen LogP contribution in [0.3, 0.4) is 0 Å². The topological polar surface area (TPSA) is 110 Å². The smallest absolute Gasteiger partial charge is 0.311 e. The van der Waals surface area contributed by atoms with Crippen LogP contribution in [0.5, 0.6) is 0 Å². The number of carbonyl (C=O) groups is 1. The molecule has 1 aliphatic carbocycles. The van der Waals surface area contributed by atoms with E-state index in [0.29, 0.717) is 18.0 Å². The van der Waals surface area contributed by atoms with Gasteiger partial charge in [0, 0.05) is 16.7 Å². The Morgan fingerprint density at radius 2 is 2.29 bits per heavy atom. The van der Waals surface area contributed by atoms with Crippen molar-refractivity contribution in [3.63, 3.8) is 0 Å². The van der Waals surface area contributed by atoms with Crippen LogP contribution in [0, 0.1) is 17.3 Å². The molecule has 2 N–H and O–H groups in total. The van der Waals surface area contributed by atoms with Crippen molar-refractivity contribution in [1.82, 2.24) is 0 Å². The van der Waals surface area contributed by atoms with Crippen molar-refractivity contribution in [2.75, 3.05) is 13.7 Å². The molecule has 3 atom stereocenters. The maximum atomic E-state index is 11.4. The van der Waals surface area contributed by atoms with E-state index in [1.807, 2.05) is 0 Å². The minimum Gasteiger partial charge on any atom is -0.492 e. The summed E-state index contributed by atoms with van der Waals surface area (Å²) in [5, 5.41) is 3.63. The normalized spacial score (nSPS) is 31.9. The highest BCUT2D eigenvalue weighted by Gasteiger charge is 2.51. The Labute approximate surface area is 124 Å². The number of hydrogen-bond donors (Lipinski definition) is 1. The Bertz CT molecular complexity index is 508. The maximum Gasteiger partial charge on any atom is 0.311 e. The summed E-state index contributed by atoms with van der Waals surface area (Å²) >= 11 is 0. The Balaban J connectivity index is 2.24. The van der Waals surface area contributed by atoms with Gasteiger partial charge >= 0.3 is 5.97 Å². The third-order valence-corrected chi connectivity index (χ3v) is 4.37. The van der Waals surface area contributed by atoms with E-state index in [9.17, 15) is 4.79 Å². The number of carbonyl (C=O) groups excluding carboxylic acids is 1. The Kier molecular flexibility index (Phi) is 4.32. The fraction of sp³-hybridized carbons (Fsp3) is 0.786. The zero-order valence-corrected chi connectivity index (χ0v) is 12.7. The first-order valence-electron chi connectivity index (χ1n) is 7.11. The van der Waals surface area contributed by atoms with Gasteiger partial charge < -0.3 is 15.2 Å². The molecule has 1 aliphatic heterocycles. The minimum absolute atomic E-state index is 0.0315. The van der Waals surface area contributed by atoms with Crippen LogP contribution in [0.25, 0.3) is 10.4 Å². The van der Waals surface area contributed by atoms with Crippen molar-refractivity contribution >= 4 is 5.97 Å².